The lowest BCUT2D eigenvalue weighted by molar-refractivity contribution is 0.355. The molecule has 0 unspecified atom stereocenters. The number of methoxy groups -OCH3 is 1. The molecule has 0 atom stereocenters. The monoisotopic (exact) mass is 486 g/mol. The molecule has 33 heavy (non-hydrogen) atoms. The average molecular weight is 487 g/mol. The Morgan fingerprint density at radius 3 is 2.45 bits per heavy atom. The second-order valence-corrected chi connectivity index (χ2v) is 9.09. The van der Waals surface area contributed by atoms with Crippen LogP contribution in [-0.2, 0) is 11.8 Å². The summed E-state index contributed by atoms with van der Waals surface area (Å²) < 4.78 is 16.1. The van der Waals surface area contributed by atoms with E-state index in [9.17, 15) is 5.26 Å². The van der Waals surface area contributed by atoms with Crippen molar-refractivity contribution in [2.24, 2.45) is 0 Å². The van der Waals surface area contributed by atoms with Gasteiger partial charge in [0.1, 0.15) is 0 Å². The fraction of sp³-hybridized carbons (Fsp3) is 0.400. The number of likely N-dealkylation sites (N-methyl/N-ethyl adjacent to an activating group) is 1. The van der Waals surface area contributed by atoms with Crippen LogP contribution in [0.2, 0.25) is 0 Å². The summed E-state index contributed by atoms with van der Waals surface area (Å²) >= 11 is 1.20. The molecule has 0 amide bonds. The van der Waals surface area contributed by atoms with Gasteiger partial charge >= 0.3 is 0 Å². The van der Waals surface area contributed by atoms with Gasteiger partial charge in [0, 0.05) is 23.6 Å². The van der Waals surface area contributed by atoms with Crippen LogP contribution in [0.5, 0.6) is 16.7 Å². The molecule has 0 aliphatic heterocycles. The summed E-state index contributed by atoms with van der Waals surface area (Å²) in [6.45, 7) is 10.1. The lowest BCUT2D eigenvalue weighted by atomic mass is 9.86. The first-order valence-electron chi connectivity index (χ1n) is 10.7. The van der Waals surface area contributed by atoms with Crippen LogP contribution >= 0.6 is 23.9 Å². The molecule has 3 rings (SSSR count). The largest absolute Gasteiger partial charge is 0.493 e. The first-order valence-corrected chi connectivity index (χ1v) is 11.4. The number of aryl methyl sites for hydroxylation is 1. The second-order valence-electron chi connectivity index (χ2n) is 8.38. The normalized spacial score (nSPS) is 11.1. The summed E-state index contributed by atoms with van der Waals surface area (Å²) in [7, 11) is 3.77. The summed E-state index contributed by atoms with van der Waals surface area (Å²) in [5.74, 6) is 1.91. The van der Waals surface area contributed by atoms with Crippen molar-refractivity contribution in [3.8, 4) is 34.1 Å². The Morgan fingerprint density at radius 2 is 1.85 bits per heavy atom. The summed E-state index contributed by atoms with van der Waals surface area (Å²) in [6.07, 6.45) is 0.953. The Morgan fingerprint density at radius 1 is 1.15 bits per heavy atom. The minimum atomic E-state index is -0.533. The van der Waals surface area contributed by atoms with E-state index < -0.39 is 5.41 Å². The molecule has 0 N–H and O–H groups in total. The molecule has 6 nitrogen and oxygen atoms in total. The molecule has 3 aromatic rings. The summed E-state index contributed by atoms with van der Waals surface area (Å²) in [6, 6.07) is 14.1. The predicted molar refractivity (Wildman–Crippen MR) is 136 cm³/mol. The zero-order valence-electron chi connectivity index (χ0n) is 20.0. The zero-order chi connectivity index (χ0) is 23.3. The Balaban J connectivity index is 0.00000385. The number of hydrogen-bond donors (Lipinski definition) is 0. The van der Waals surface area contributed by atoms with E-state index in [4.69, 9.17) is 9.47 Å². The number of nitriles is 1. The Hall–Kier alpha value is -2.66. The van der Waals surface area contributed by atoms with E-state index in [1.54, 1.807) is 7.11 Å². The molecule has 176 valence electrons. The van der Waals surface area contributed by atoms with E-state index in [-0.39, 0.29) is 12.4 Å². The van der Waals surface area contributed by atoms with Crippen molar-refractivity contribution < 1.29 is 9.47 Å². The molecule has 0 aliphatic carbocycles. The van der Waals surface area contributed by atoms with E-state index in [1.807, 2.05) is 50.2 Å². The molecule has 1 aromatic heterocycles. The molecule has 0 radical (unpaired) electrons. The SMILES string of the molecule is CCN(C)CCc1cc(OC)c(Oc2nc(-c3ccc(C(C)(C)C#N)cc3)ns2)cc1C.Cl. The number of halogens is 1. The minimum Gasteiger partial charge on any atom is -0.493 e. The van der Waals surface area contributed by atoms with Crippen molar-refractivity contribution in [3.05, 3.63) is 53.1 Å². The molecule has 0 saturated heterocycles. The maximum absolute atomic E-state index is 9.32. The fourth-order valence-electron chi connectivity index (χ4n) is 3.24. The van der Waals surface area contributed by atoms with Crippen LogP contribution in [0.1, 0.15) is 37.5 Å². The van der Waals surface area contributed by atoms with Gasteiger partial charge in [0.25, 0.3) is 5.19 Å². The van der Waals surface area contributed by atoms with Crippen LogP contribution in [0, 0.1) is 18.3 Å². The third-order valence-electron chi connectivity index (χ3n) is 5.67. The van der Waals surface area contributed by atoms with Crippen molar-refractivity contribution in [3.63, 3.8) is 0 Å². The predicted octanol–water partition coefficient (Wildman–Crippen LogP) is 6.03. The van der Waals surface area contributed by atoms with E-state index in [0.717, 1.165) is 36.2 Å². The molecular formula is C25H31ClN4O2S. The standard InChI is InChI=1S/C25H30N4O2S.ClH/c1-7-29(5)13-12-19-15-21(30-6)22(14-17(19)2)31-24-27-23(28-32-24)18-8-10-20(11-9-18)25(3,4)16-26;/h8-11,14-15H,7,12-13H2,1-6H3;1H. The Bertz CT molecular complexity index is 1110. The molecule has 0 aliphatic rings. The summed E-state index contributed by atoms with van der Waals surface area (Å²) in [4.78, 5) is 6.83. The maximum atomic E-state index is 9.32. The number of ether oxygens (including phenoxy) is 2. The quantitative estimate of drug-likeness (QED) is 0.367. The van der Waals surface area contributed by atoms with E-state index in [0.29, 0.717) is 22.5 Å². The van der Waals surface area contributed by atoms with Crippen LogP contribution in [0.15, 0.2) is 36.4 Å². The van der Waals surface area contributed by atoms with Crippen LogP contribution in [0.4, 0.5) is 0 Å². The number of aromatic nitrogens is 2. The highest BCUT2D eigenvalue weighted by atomic mass is 35.5. The van der Waals surface area contributed by atoms with Gasteiger partial charge in [-0.2, -0.15) is 14.6 Å². The minimum absolute atomic E-state index is 0. The molecule has 0 bridgehead atoms. The Kier molecular flexibility index (Phi) is 9.24. The van der Waals surface area contributed by atoms with Gasteiger partial charge in [-0.05, 0) is 69.6 Å². The highest BCUT2D eigenvalue weighted by molar-refractivity contribution is 7.07. The fourth-order valence-corrected chi connectivity index (χ4v) is 3.81. The molecule has 0 spiro atoms. The average Bonchev–Trinajstić information content (AvgIpc) is 3.26. The van der Waals surface area contributed by atoms with Gasteiger partial charge in [0.2, 0.25) is 0 Å². The Labute approximate surface area is 206 Å². The third kappa shape index (κ3) is 6.44. The molecule has 8 heteroatoms. The number of nitrogens with zero attached hydrogens (tertiary/aromatic N) is 4. The van der Waals surface area contributed by atoms with Crippen molar-refractivity contribution >= 4 is 23.9 Å². The highest BCUT2D eigenvalue weighted by Crippen LogP contribution is 2.36. The first kappa shape index (κ1) is 26.6. The van der Waals surface area contributed by atoms with E-state index in [1.165, 1.54) is 17.1 Å². The lowest BCUT2D eigenvalue weighted by Gasteiger charge is -2.16. The van der Waals surface area contributed by atoms with Gasteiger partial charge in [0.05, 0.1) is 18.6 Å². The van der Waals surface area contributed by atoms with Gasteiger partial charge in [-0.25, -0.2) is 0 Å². The maximum Gasteiger partial charge on any atom is 0.299 e. The summed E-state index contributed by atoms with van der Waals surface area (Å²) in [5, 5.41) is 9.78. The van der Waals surface area contributed by atoms with Crippen LogP contribution < -0.4 is 9.47 Å². The lowest BCUT2D eigenvalue weighted by Crippen LogP contribution is -2.20. The molecular weight excluding hydrogens is 456 g/mol. The van der Waals surface area contributed by atoms with Crippen molar-refractivity contribution in [2.75, 3.05) is 27.2 Å². The number of benzene rings is 2. The van der Waals surface area contributed by atoms with Gasteiger partial charge in [0.15, 0.2) is 17.3 Å². The second kappa shape index (κ2) is 11.5. The molecule has 2 aromatic carbocycles. The van der Waals surface area contributed by atoms with E-state index >= 15 is 0 Å². The number of hydrogen-bond acceptors (Lipinski definition) is 7. The highest BCUT2D eigenvalue weighted by Gasteiger charge is 2.20. The zero-order valence-corrected chi connectivity index (χ0v) is 21.6. The van der Waals surface area contributed by atoms with Crippen LogP contribution in [0.25, 0.3) is 11.4 Å². The van der Waals surface area contributed by atoms with Crippen LogP contribution in [0.3, 0.4) is 0 Å². The van der Waals surface area contributed by atoms with Gasteiger partial charge in [-0.1, -0.05) is 31.2 Å². The molecule has 0 saturated carbocycles. The topological polar surface area (TPSA) is 71.3 Å². The van der Waals surface area contributed by atoms with E-state index in [2.05, 4.69) is 41.2 Å². The smallest absolute Gasteiger partial charge is 0.299 e. The first-order chi connectivity index (χ1) is 15.3. The molecule has 1 heterocycles. The van der Waals surface area contributed by atoms with Crippen molar-refractivity contribution in [1.82, 2.24) is 14.3 Å². The van der Waals surface area contributed by atoms with Crippen molar-refractivity contribution in [2.45, 2.75) is 39.5 Å². The van der Waals surface area contributed by atoms with Gasteiger partial charge in [-0.15, -0.1) is 12.4 Å². The van der Waals surface area contributed by atoms with Gasteiger partial charge in [-0.3, -0.25) is 0 Å². The third-order valence-corrected chi connectivity index (χ3v) is 6.27. The van der Waals surface area contributed by atoms with Crippen LogP contribution in [-0.4, -0.2) is 41.5 Å². The molecule has 0 fully saturated rings. The van der Waals surface area contributed by atoms with Gasteiger partial charge < -0.3 is 14.4 Å². The number of rotatable bonds is 9. The van der Waals surface area contributed by atoms with Crippen molar-refractivity contribution in [1.29, 1.82) is 5.26 Å². The summed E-state index contributed by atoms with van der Waals surface area (Å²) in [5.41, 5.74) is 3.71.